The summed E-state index contributed by atoms with van der Waals surface area (Å²) in [6.07, 6.45) is 3.52. The second kappa shape index (κ2) is 5.75. The fraction of sp³-hybridized carbons (Fsp3) is 0.353. The molecule has 0 spiro atoms. The molecule has 0 saturated carbocycles. The van der Waals surface area contributed by atoms with Crippen molar-refractivity contribution in [3.63, 3.8) is 0 Å². The second-order valence-electron chi connectivity index (χ2n) is 5.78. The van der Waals surface area contributed by atoms with E-state index in [1.54, 1.807) is 0 Å². The van der Waals surface area contributed by atoms with Crippen molar-refractivity contribution in [3.05, 3.63) is 47.0 Å². The Morgan fingerprint density at radius 2 is 1.64 bits per heavy atom. The molecule has 1 unspecified atom stereocenters. The third kappa shape index (κ3) is 2.43. The van der Waals surface area contributed by atoms with Crippen molar-refractivity contribution in [2.24, 2.45) is 5.73 Å². The van der Waals surface area contributed by atoms with E-state index in [1.807, 2.05) is 30.3 Å². The van der Waals surface area contributed by atoms with Gasteiger partial charge in [0, 0.05) is 11.1 Å². The minimum atomic E-state index is -0.496. The van der Waals surface area contributed by atoms with Crippen molar-refractivity contribution in [3.8, 4) is 11.8 Å². The highest BCUT2D eigenvalue weighted by atomic mass is 16.3. The first-order chi connectivity index (χ1) is 10.6. The first-order valence-electron chi connectivity index (χ1n) is 7.56. The van der Waals surface area contributed by atoms with Gasteiger partial charge in [-0.25, -0.2) is 0 Å². The van der Waals surface area contributed by atoms with E-state index in [1.165, 1.54) is 4.57 Å². The molecule has 1 aliphatic rings. The van der Waals surface area contributed by atoms with Crippen LogP contribution in [-0.2, 0) is 17.6 Å². The lowest BCUT2D eigenvalue weighted by atomic mass is 9.95. The Hall–Kier alpha value is -2.43. The van der Waals surface area contributed by atoms with Gasteiger partial charge in [0.05, 0.1) is 12.5 Å². The molecule has 2 aromatic rings. The molecule has 1 atom stereocenters. The summed E-state index contributed by atoms with van der Waals surface area (Å²) >= 11 is 0. The highest BCUT2D eigenvalue weighted by Gasteiger charge is 2.29. The summed E-state index contributed by atoms with van der Waals surface area (Å²) in [5, 5.41) is 21.1. The van der Waals surface area contributed by atoms with Gasteiger partial charge in [0.25, 0.3) is 0 Å². The van der Waals surface area contributed by atoms with Gasteiger partial charge in [0.15, 0.2) is 11.8 Å². The third-order valence-electron chi connectivity index (χ3n) is 4.35. The maximum Gasteiger partial charge on any atom is 0.219 e. The molecule has 0 aliphatic heterocycles. The Kier molecular flexibility index (Phi) is 3.79. The van der Waals surface area contributed by atoms with Crippen molar-refractivity contribution in [2.75, 3.05) is 0 Å². The smallest absolute Gasteiger partial charge is 0.219 e. The lowest BCUT2D eigenvalue weighted by molar-refractivity contribution is -0.118. The van der Waals surface area contributed by atoms with Crippen molar-refractivity contribution in [1.29, 1.82) is 0 Å². The predicted molar refractivity (Wildman–Crippen MR) is 82.8 cm³/mol. The lowest BCUT2D eigenvalue weighted by Gasteiger charge is -2.20. The van der Waals surface area contributed by atoms with Crippen LogP contribution in [0.5, 0.6) is 11.8 Å². The molecule has 5 heteroatoms. The summed E-state index contributed by atoms with van der Waals surface area (Å²) in [6, 6.07) is 8.84. The molecule has 4 N–H and O–H groups in total. The SMILES string of the molecule is NC(=O)CC(c1ccccc1)n1c(O)c2c(c1O)CCCC2. The molecule has 1 aromatic heterocycles. The molecule has 0 bridgehead atoms. The number of fused-ring (bicyclic) bond motifs is 1. The number of aromatic hydroxyl groups is 2. The van der Waals surface area contributed by atoms with Crippen molar-refractivity contribution in [1.82, 2.24) is 4.57 Å². The maximum atomic E-state index is 11.5. The Morgan fingerprint density at radius 1 is 1.09 bits per heavy atom. The molecule has 116 valence electrons. The molecule has 1 aromatic carbocycles. The zero-order chi connectivity index (χ0) is 15.7. The van der Waals surface area contributed by atoms with Crippen LogP contribution in [-0.4, -0.2) is 20.7 Å². The van der Waals surface area contributed by atoms with Crippen LogP contribution in [0, 0.1) is 0 Å². The Labute approximate surface area is 129 Å². The normalized spacial score (nSPS) is 15.3. The number of hydrogen-bond acceptors (Lipinski definition) is 3. The molecular weight excluding hydrogens is 280 g/mol. The largest absolute Gasteiger partial charge is 0.494 e. The van der Waals surface area contributed by atoms with E-state index < -0.39 is 11.9 Å². The third-order valence-corrected chi connectivity index (χ3v) is 4.35. The minimum Gasteiger partial charge on any atom is -0.494 e. The molecule has 1 aliphatic carbocycles. The number of carbonyl (C=O) groups excluding carboxylic acids is 1. The summed E-state index contributed by atoms with van der Waals surface area (Å²) in [6.45, 7) is 0. The number of hydrogen-bond donors (Lipinski definition) is 3. The molecule has 22 heavy (non-hydrogen) atoms. The Bertz CT molecular complexity index is 662. The maximum absolute atomic E-state index is 11.5. The van der Waals surface area contributed by atoms with Crippen LogP contribution < -0.4 is 5.73 Å². The Morgan fingerprint density at radius 3 is 2.14 bits per heavy atom. The van der Waals surface area contributed by atoms with Crippen LogP contribution in [0.25, 0.3) is 0 Å². The molecule has 5 nitrogen and oxygen atoms in total. The summed E-state index contributed by atoms with van der Waals surface area (Å²) < 4.78 is 1.45. The lowest BCUT2D eigenvalue weighted by Crippen LogP contribution is -2.20. The van der Waals surface area contributed by atoms with Gasteiger partial charge in [-0.3, -0.25) is 9.36 Å². The summed E-state index contributed by atoms with van der Waals surface area (Å²) in [5.74, 6) is -0.357. The number of nitrogens with zero attached hydrogens (tertiary/aromatic N) is 1. The van der Waals surface area contributed by atoms with E-state index in [0.29, 0.717) is 0 Å². The van der Waals surface area contributed by atoms with Gasteiger partial charge in [-0.05, 0) is 31.2 Å². The summed E-state index contributed by atoms with van der Waals surface area (Å²) in [4.78, 5) is 11.5. The highest BCUT2D eigenvalue weighted by molar-refractivity contribution is 5.75. The monoisotopic (exact) mass is 300 g/mol. The molecule has 0 radical (unpaired) electrons. The van der Waals surface area contributed by atoms with Crippen LogP contribution in [0.3, 0.4) is 0 Å². The van der Waals surface area contributed by atoms with Crippen molar-refractivity contribution in [2.45, 2.75) is 38.1 Å². The van der Waals surface area contributed by atoms with Crippen LogP contribution in [0.4, 0.5) is 0 Å². The number of benzene rings is 1. The second-order valence-corrected chi connectivity index (χ2v) is 5.78. The fourth-order valence-corrected chi connectivity index (χ4v) is 3.31. The predicted octanol–water partition coefficient (Wildman–Crippen LogP) is 2.24. The zero-order valence-electron chi connectivity index (χ0n) is 12.3. The molecule has 0 saturated heterocycles. The van der Waals surface area contributed by atoms with Crippen molar-refractivity contribution >= 4 is 5.91 Å². The van der Waals surface area contributed by atoms with Crippen molar-refractivity contribution < 1.29 is 15.0 Å². The van der Waals surface area contributed by atoms with Crippen LogP contribution in [0.2, 0.25) is 0 Å². The first kappa shape index (κ1) is 14.5. The molecule has 1 heterocycles. The van der Waals surface area contributed by atoms with Crippen LogP contribution >= 0.6 is 0 Å². The van der Waals surface area contributed by atoms with Crippen LogP contribution in [0.1, 0.15) is 42.0 Å². The average molecular weight is 300 g/mol. The van der Waals surface area contributed by atoms with E-state index in [0.717, 1.165) is 42.4 Å². The number of nitrogens with two attached hydrogens (primary N) is 1. The molecule has 3 rings (SSSR count). The summed E-state index contributed by atoms with van der Waals surface area (Å²) in [5.41, 5.74) is 7.81. The van der Waals surface area contributed by atoms with Gasteiger partial charge >= 0.3 is 0 Å². The van der Waals surface area contributed by atoms with Gasteiger partial charge < -0.3 is 15.9 Å². The number of aromatic nitrogens is 1. The number of primary amides is 1. The molecule has 1 amide bonds. The topological polar surface area (TPSA) is 88.5 Å². The average Bonchev–Trinajstić information content (AvgIpc) is 2.78. The number of rotatable bonds is 4. The number of amides is 1. The standard InChI is InChI=1S/C17H20N2O3/c18-15(20)10-14(11-6-2-1-3-7-11)19-16(21)12-8-4-5-9-13(12)17(19)22/h1-3,6-7,14,21-22H,4-5,8-10H2,(H2,18,20). The Balaban J connectivity index is 2.12. The van der Waals surface area contributed by atoms with Gasteiger partial charge in [0.2, 0.25) is 5.91 Å². The zero-order valence-corrected chi connectivity index (χ0v) is 12.3. The van der Waals surface area contributed by atoms with E-state index >= 15 is 0 Å². The highest BCUT2D eigenvalue weighted by Crippen LogP contribution is 2.43. The van der Waals surface area contributed by atoms with Gasteiger partial charge in [-0.15, -0.1) is 0 Å². The molecule has 0 fully saturated rings. The fourth-order valence-electron chi connectivity index (χ4n) is 3.31. The van der Waals surface area contributed by atoms with Gasteiger partial charge in [-0.1, -0.05) is 30.3 Å². The van der Waals surface area contributed by atoms with E-state index in [-0.39, 0.29) is 18.2 Å². The first-order valence-corrected chi connectivity index (χ1v) is 7.56. The molecular formula is C17H20N2O3. The van der Waals surface area contributed by atoms with Gasteiger partial charge in [-0.2, -0.15) is 0 Å². The van der Waals surface area contributed by atoms with Gasteiger partial charge in [0.1, 0.15) is 0 Å². The van der Waals surface area contributed by atoms with E-state index in [4.69, 9.17) is 5.73 Å². The number of carbonyl (C=O) groups is 1. The summed E-state index contributed by atoms with van der Waals surface area (Å²) in [7, 11) is 0. The minimum absolute atomic E-state index is 0.0265. The van der Waals surface area contributed by atoms with Crippen LogP contribution in [0.15, 0.2) is 30.3 Å². The quantitative estimate of drug-likeness (QED) is 0.809. The van der Waals surface area contributed by atoms with E-state index in [9.17, 15) is 15.0 Å². The van der Waals surface area contributed by atoms with E-state index in [2.05, 4.69) is 0 Å².